The first kappa shape index (κ1) is 29.7. The summed E-state index contributed by atoms with van der Waals surface area (Å²) in [7, 11) is 0. The highest BCUT2D eigenvalue weighted by Crippen LogP contribution is 2.05. The Balaban J connectivity index is 5.49. The van der Waals surface area contributed by atoms with Crippen LogP contribution in [0.15, 0.2) is 0 Å². The topological polar surface area (TPSA) is 251 Å². The van der Waals surface area contributed by atoms with Crippen molar-refractivity contribution in [2.24, 2.45) is 17.4 Å². The van der Waals surface area contributed by atoms with E-state index in [1.807, 2.05) is 0 Å². The molecule has 0 fully saturated rings. The maximum atomic E-state index is 12.7. The first-order valence-electron chi connectivity index (χ1n) is 10.2. The van der Waals surface area contributed by atoms with E-state index in [1.165, 1.54) is 0 Å². The summed E-state index contributed by atoms with van der Waals surface area (Å²) in [5.74, 6) is -6.53. The fourth-order valence-corrected chi connectivity index (χ4v) is 2.57. The molecule has 188 valence electrons. The average molecular weight is 475 g/mol. The number of hydrogen-bond donors (Lipinski definition) is 8. The number of aliphatic hydroxyl groups is 1. The highest BCUT2D eigenvalue weighted by molar-refractivity contribution is 5.94. The molecule has 5 atom stereocenters. The van der Waals surface area contributed by atoms with Crippen LogP contribution in [0.3, 0.4) is 0 Å². The first-order valence-corrected chi connectivity index (χ1v) is 10.2. The lowest BCUT2D eigenvalue weighted by atomic mass is 10.0. The van der Waals surface area contributed by atoms with Crippen LogP contribution in [-0.4, -0.2) is 81.2 Å². The van der Waals surface area contributed by atoms with Gasteiger partial charge in [0.05, 0.1) is 12.1 Å². The lowest BCUT2D eigenvalue weighted by molar-refractivity contribution is -0.143. The summed E-state index contributed by atoms with van der Waals surface area (Å²) in [5.41, 5.74) is 10.7. The van der Waals surface area contributed by atoms with E-state index in [0.717, 1.165) is 6.92 Å². The van der Waals surface area contributed by atoms with E-state index in [9.17, 15) is 39.0 Å². The van der Waals surface area contributed by atoms with Crippen molar-refractivity contribution in [3.05, 3.63) is 0 Å². The number of amides is 4. The molecule has 0 aromatic carbocycles. The number of rotatable bonds is 15. The second-order valence-electron chi connectivity index (χ2n) is 7.89. The number of hydrogen-bond acceptors (Lipinski definition) is 8. The van der Waals surface area contributed by atoms with Gasteiger partial charge in [-0.25, -0.2) is 4.79 Å². The minimum atomic E-state index is -1.64. The van der Waals surface area contributed by atoms with Crippen LogP contribution in [0.25, 0.3) is 0 Å². The number of aliphatic carboxylic acids is 2. The fourth-order valence-electron chi connectivity index (χ4n) is 2.57. The molecule has 0 radical (unpaired) electrons. The molecule has 10 N–H and O–H groups in total. The van der Waals surface area contributed by atoms with E-state index in [-0.39, 0.29) is 25.2 Å². The average Bonchev–Trinajstić information content (AvgIpc) is 2.70. The molecular formula is C19H33N5O9. The molecule has 14 nitrogen and oxygen atoms in total. The molecular weight excluding hydrogens is 442 g/mol. The molecule has 0 rings (SSSR count). The lowest BCUT2D eigenvalue weighted by Gasteiger charge is -2.26. The number of carbonyl (C=O) groups is 6. The predicted octanol–water partition coefficient (Wildman–Crippen LogP) is -2.98. The summed E-state index contributed by atoms with van der Waals surface area (Å²) in [6.45, 7) is 4.49. The van der Waals surface area contributed by atoms with Gasteiger partial charge in [-0.15, -0.1) is 0 Å². The Morgan fingerprint density at radius 2 is 1.30 bits per heavy atom. The summed E-state index contributed by atoms with van der Waals surface area (Å²) >= 11 is 0. The van der Waals surface area contributed by atoms with Crippen LogP contribution in [0, 0.1) is 5.92 Å². The number of primary amides is 1. The lowest BCUT2D eigenvalue weighted by Crippen LogP contribution is -2.60. The van der Waals surface area contributed by atoms with Gasteiger partial charge < -0.3 is 42.7 Å². The molecule has 0 aromatic heterocycles. The number of carbonyl (C=O) groups excluding carboxylic acids is 4. The largest absolute Gasteiger partial charge is 0.481 e. The van der Waals surface area contributed by atoms with Gasteiger partial charge in [-0.1, -0.05) is 13.8 Å². The van der Waals surface area contributed by atoms with Crippen molar-refractivity contribution in [2.45, 2.75) is 76.7 Å². The summed E-state index contributed by atoms with van der Waals surface area (Å²) in [6.07, 6.45) is -2.96. The van der Waals surface area contributed by atoms with Crippen LogP contribution in [0.2, 0.25) is 0 Å². The number of carboxylic acid groups (broad SMARTS) is 2. The van der Waals surface area contributed by atoms with Crippen molar-refractivity contribution in [3.63, 3.8) is 0 Å². The van der Waals surface area contributed by atoms with Crippen LogP contribution in [0.5, 0.6) is 0 Å². The molecule has 0 saturated carbocycles. The molecule has 33 heavy (non-hydrogen) atoms. The van der Waals surface area contributed by atoms with E-state index in [4.69, 9.17) is 16.6 Å². The Morgan fingerprint density at radius 1 is 0.788 bits per heavy atom. The van der Waals surface area contributed by atoms with Crippen molar-refractivity contribution in [1.29, 1.82) is 0 Å². The molecule has 5 unspecified atom stereocenters. The third-order valence-corrected chi connectivity index (χ3v) is 4.66. The Morgan fingerprint density at radius 3 is 1.73 bits per heavy atom. The second-order valence-corrected chi connectivity index (χ2v) is 7.89. The molecule has 0 spiro atoms. The van der Waals surface area contributed by atoms with Gasteiger partial charge in [0.25, 0.3) is 0 Å². The first-order chi connectivity index (χ1) is 15.2. The van der Waals surface area contributed by atoms with Gasteiger partial charge in [0, 0.05) is 12.8 Å². The standard InChI is InChI=1S/C19H33N5O9/c1-8(2)14(21)17(30)22-10(5-7-13(27)28)16(29)24-15(9(3)25)18(31)23-11(19(32)33)4-6-12(20)26/h8-11,14-15,25H,4-7,21H2,1-3H3,(H2,20,26)(H,22,30)(H,23,31)(H,24,29)(H,27,28)(H,32,33). The van der Waals surface area contributed by atoms with Crippen molar-refractivity contribution >= 4 is 35.6 Å². The molecule has 0 aliphatic carbocycles. The maximum absolute atomic E-state index is 12.7. The van der Waals surface area contributed by atoms with Crippen LogP contribution in [-0.2, 0) is 28.8 Å². The zero-order valence-electron chi connectivity index (χ0n) is 18.7. The van der Waals surface area contributed by atoms with Crippen LogP contribution >= 0.6 is 0 Å². The highest BCUT2D eigenvalue weighted by atomic mass is 16.4. The minimum Gasteiger partial charge on any atom is -0.481 e. The van der Waals surface area contributed by atoms with E-state index in [0.29, 0.717) is 0 Å². The molecule has 4 amide bonds. The molecule has 0 aliphatic rings. The molecule has 0 aliphatic heterocycles. The van der Waals surface area contributed by atoms with Crippen molar-refractivity contribution in [3.8, 4) is 0 Å². The van der Waals surface area contributed by atoms with Crippen molar-refractivity contribution in [2.75, 3.05) is 0 Å². The fraction of sp³-hybridized carbons (Fsp3) is 0.684. The SMILES string of the molecule is CC(C)C(N)C(=O)NC(CCC(=O)O)C(=O)NC(C(=O)NC(CCC(N)=O)C(=O)O)C(C)O. The third-order valence-electron chi connectivity index (χ3n) is 4.66. The van der Waals surface area contributed by atoms with E-state index in [1.54, 1.807) is 13.8 Å². The monoisotopic (exact) mass is 475 g/mol. The number of carboxylic acids is 2. The maximum Gasteiger partial charge on any atom is 0.326 e. The molecule has 0 heterocycles. The van der Waals surface area contributed by atoms with Gasteiger partial charge in [-0.3, -0.25) is 24.0 Å². The minimum absolute atomic E-state index is 0.280. The summed E-state index contributed by atoms with van der Waals surface area (Å²) in [4.78, 5) is 70.6. The van der Waals surface area contributed by atoms with Crippen molar-refractivity contribution in [1.82, 2.24) is 16.0 Å². The molecule has 0 aromatic rings. The molecule has 0 bridgehead atoms. The highest BCUT2D eigenvalue weighted by Gasteiger charge is 2.33. The summed E-state index contributed by atoms with van der Waals surface area (Å²) in [5, 5.41) is 34.7. The van der Waals surface area contributed by atoms with Crippen LogP contribution in [0.4, 0.5) is 0 Å². The van der Waals surface area contributed by atoms with Gasteiger partial charge in [-0.05, 0) is 25.7 Å². The quantitative estimate of drug-likeness (QED) is 0.119. The normalized spacial score (nSPS) is 15.5. The summed E-state index contributed by atoms with van der Waals surface area (Å²) < 4.78 is 0. The van der Waals surface area contributed by atoms with Gasteiger partial charge in [0.2, 0.25) is 23.6 Å². The van der Waals surface area contributed by atoms with Crippen molar-refractivity contribution < 1.29 is 44.1 Å². The van der Waals surface area contributed by atoms with E-state index >= 15 is 0 Å². The Kier molecular flexibility index (Phi) is 12.6. The zero-order valence-corrected chi connectivity index (χ0v) is 18.7. The number of nitrogens with two attached hydrogens (primary N) is 2. The van der Waals surface area contributed by atoms with E-state index < -0.39 is 72.3 Å². The van der Waals surface area contributed by atoms with Gasteiger partial charge >= 0.3 is 11.9 Å². The predicted molar refractivity (Wildman–Crippen MR) is 113 cm³/mol. The van der Waals surface area contributed by atoms with Gasteiger partial charge in [0.15, 0.2) is 0 Å². The Labute approximate surface area is 190 Å². The Bertz CT molecular complexity index is 741. The van der Waals surface area contributed by atoms with E-state index in [2.05, 4.69) is 16.0 Å². The Hall–Kier alpha value is -3.26. The molecule has 14 heteroatoms. The third kappa shape index (κ3) is 11.2. The van der Waals surface area contributed by atoms with Crippen LogP contribution < -0.4 is 27.4 Å². The van der Waals surface area contributed by atoms with Gasteiger partial charge in [-0.2, -0.15) is 0 Å². The second kappa shape index (κ2) is 14.0. The smallest absolute Gasteiger partial charge is 0.326 e. The van der Waals surface area contributed by atoms with Gasteiger partial charge in [0.1, 0.15) is 18.1 Å². The zero-order chi connectivity index (χ0) is 25.9. The van der Waals surface area contributed by atoms with Crippen LogP contribution in [0.1, 0.15) is 46.5 Å². The summed E-state index contributed by atoms with van der Waals surface area (Å²) in [6, 6.07) is -5.54. The number of aliphatic hydroxyl groups excluding tert-OH is 1. The molecule has 0 saturated heterocycles. The number of nitrogens with one attached hydrogen (secondary N) is 3.